The molecule has 7 aromatic carbocycles. The first-order valence-electron chi connectivity index (χ1n) is 19.7. The van der Waals surface area contributed by atoms with Crippen LogP contribution >= 0.6 is 0 Å². The quantitative estimate of drug-likeness (QED) is 0.163. The Labute approximate surface area is 332 Å². The second-order valence-corrected chi connectivity index (χ2v) is 15.0. The second-order valence-electron chi connectivity index (χ2n) is 15.0. The van der Waals surface area contributed by atoms with Crippen LogP contribution in [-0.2, 0) is 0 Å². The molecule has 4 heteroatoms. The molecule has 1 aliphatic heterocycles. The SMILES string of the molecule is C1=CC(N(c2ccc(C3=CC=C4c5c(ccc6oc(-c7ccccc7)nc56)OC4C3)cc2)c2cccc(-c3cccc4ccccc34)c2)CC=C1c1ccccc1. The smallest absolute Gasteiger partial charge is 0.227 e. The molecule has 2 atom stereocenters. The summed E-state index contributed by atoms with van der Waals surface area (Å²) in [5, 5.41) is 2.51. The number of anilines is 2. The van der Waals surface area contributed by atoms with Crippen molar-refractivity contribution in [2.24, 2.45) is 0 Å². The van der Waals surface area contributed by atoms with Gasteiger partial charge in [-0.15, -0.1) is 0 Å². The maximum atomic E-state index is 6.59. The van der Waals surface area contributed by atoms with Crippen molar-refractivity contribution in [3.05, 3.63) is 211 Å². The molecule has 2 heterocycles. The largest absolute Gasteiger partial charge is 0.485 e. The molecule has 0 amide bonds. The molecule has 0 radical (unpaired) electrons. The number of hydrogen-bond acceptors (Lipinski definition) is 4. The summed E-state index contributed by atoms with van der Waals surface area (Å²) < 4.78 is 12.8. The molecule has 0 saturated carbocycles. The van der Waals surface area contributed by atoms with Crippen molar-refractivity contribution in [3.63, 3.8) is 0 Å². The predicted molar refractivity (Wildman–Crippen MR) is 234 cm³/mol. The predicted octanol–water partition coefficient (Wildman–Crippen LogP) is 13.5. The molecular weight excluding hydrogens is 697 g/mol. The zero-order valence-electron chi connectivity index (χ0n) is 31.3. The number of rotatable bonds is 7. The van der Waals surface area contributed by atoms with Crippen LogP contribution in [-0.4, -0.2) is 17.1 Å². The van der Waals surface area contributed by atoms with Crippen LogP contribution in [0.2, 0.25) is 0 Å². The molecular formula is C53H38N2O2. The fraction of sp³-hybridized carbons (Fsp3) is 0.0755. The number of hydrogen-bond donors (Lipinski definition) is 0. The van der Waals surface area contributed by atoms with Crippen LogP contribution in [0.25, 0.3) is 61.2 Å². The molecule has 4 nitrogen and oxygen atoms in total. The summed E-state index contributed by atoms with van der Waals surface area (Å²) in [6.07, 6.45) is 13.1. The molecule has 272 valence electrons. The van der Waals surface area contributed by atoms with Gasteiger partial charge in [0.25, 0.3) is 0 Å². The molecule has 0 N–H and O–H groups in total. The van der Waals surface area contributed by atoms with Gasteiger partial charge in [0.15, 0.2) is 5.58 Å². The summed E-state index contributed by atoms with van der Waals surface area (Å²) in [5.74, 6) is 1.49. The van der Waals surface area contributed by atoms with Crippen molar-refractivity contribution in [1.82, 2.24) is 4.98 Å². The Morgan fingerprint density at radius 1 is 0.614 bits per heavy atom. The molecule has 0 bridgehead atoms. The van der Waals surface area contributed by atoms with E-state index in [0.29, 0.717) is 5.89 Å². The molecule has 11 rings (SSSR count). The molecule has 57 heavy (non-hydrogen) atoms. The van der Waals surface area contributed by atoms with E-state index in [9.17, 15) is 0 Å². The van der Waals surface area contributed by atoms with E-state index in [0.717, 1.165) is 57.8 Å². The Balaban J connectivity index is 0.926. The third-order valence-corrected chi connectivity index (χ3v) is 11.6. The van der Waals surface area contributed by atoms with E-state index in [1.54, 1.807) is 0 Å². The summed E-state index contributed by atoms with van der Waals surface area (Å²) >= 11 is 0. The van der Waals surface area contributed by atoms with Gasteiger partial charge in [-0.3, -0.25) is 0 Å². The summed E-state index contributed by atoms with van der Waals surface area (Å²) in [5.41, 5.74) is 14.5. The average Bonchev–Trinajstić information content (AvgIpc) is 3.89. The van der Waals surface area contributed by atoms with Crippen LogP contribution in [0, 0.1) is 0 Å². The maximum Gasteiger partial charge on any atom is 0.227 e. The first-order valence-corrected chi connectivity index (χ1v) is 19.7. The Bertz CT molecular complexity index is 2930. The van der Waals surface area contributed by atoms with E-state index in [1.807, 2.05) is 42.5 Å². The average molecular weight is 735 g/mol. The first kappa shape index (κ1) is 33.2. The highest BCUT2D eigenvalue weighted by Crippen LogP contribution is 2.47. The highest BCUT2D eigenvalue weighted by atomic mass is 16.5. The van der Waals surface area contributed by atoms with Gasteiger partial charge in [-0.25, -0.2) is 4.98 Å². The molecule has 1 aromatic heterocycles. The minimum absolute atomic E-state index is 0.0755. The van der Waals surface area contributed by atoms with Crippen LogP contribution in [0.4, 0.5) is 11.4 Å². The van der Waals surface area contributed by atoms with E-state index in [1.165, 1.54) is 44.2 Å². The Morgan fingerprint density at radius 3 is 2.19 bits per heavy atom. The van der Waals surface area contributed by atoms with E-state index in [4.69, 9.17) is 14.1 Å². The monoisotopic (exact) mass is 734 g/mol. The third-order valence-electron chi connectivity index (χ3n) is 11.6. The van der Waals surface area contributed by atoms with Gasteiger partial charge in [0.05, 0.1) is 11.6 Å². The van der Waals surface area contributed by atoms with Crippen LogP contribution in [0.15, 0.2) is 199 Å². The maximum absolute atomic E-state index is 6.59. The Morgan fingerprint density at radius 2 is 1.37 bits per heavy atom. The Kier molecular flexibility index (Phi) is 8.06. The zero-order chi connectivity index (χ0) is 37.7. The van der Waals surface area contributed by atoms with Crippen molar-refractivity contribution in [2.75, 3.05) is 4.90 Å². The zero-order valence-corrected chi connectivity index (χ0v) is 31.3. The number of fused-ring (bicyclic) bond motifs is 6. The van der Waals surface area contributed by atoms with Gasteiger partial charge in [-0.05, 0) is 99.1 Å². The van der Waals surface area contributed by atoms with E-state index in [-0.39, 0.29) is 12.1 Å². The lowest BCUT2D eigenvalue weighted by Gasteiger charge is -2.34. The topological polar surface area (TPSA) is 38.5 Å². The van der Waals surface area contributed by atoms with Gasteiger partial charge >= 0.3 is 0 Å². The second kappa shape index (κ2) is 13.8. The molecule has 0 spiro atoms. The molecule has 2 unspecified atom stereocenters. The highest BCUT2D eigenvalue weighted by Gasteiger charge is 2.34. The van der Waals surface area contributed by atoms with Gasteiger partial charge < -0.3 is 14.1 Å². The lowest BCUT2D eigenvalue weighted by atomic mass is 9.88. The van der Waals surface area contributed by atoms with E-state index < -0.39 is 0 Å². The minimum Gasteiger partial charge on any atom is -0.485 e. The van der Waals surface area contributed by atoms with Crippen molar-refractivity contribution >= 4 is 50.0 Å². The van der Waals surface area contributed by atoms with Crippen molar-refractivity contribution in [2.45, 2.75) is 25.0 Å². The molecule has 8 aromatic rings. The fourth-order valence-electron chi connectivity index (χ4n) is 8.76. The molecule has 0 saturated heterocycles. The fourth-order valence-corrected chi connectivity index (χ4v) is 8.76. The Hall–Kier alpha value is -7.17. The highest BCUT2D eigenvalue weighted by molar-refractivity contribution is 5.99. The van der Waals surface area contributed by atoms with Gasteiger partial charge in [0, 0.05) is 28.9 Å². The van der Waals surface area contributed by atoms with Crippen molar-refractivity contribution < 1.29 is 9.15 Å². The number of oxazole rings is 1. The molecule has 0 fully saturated rings. The van der Waals surface area contributed by atoms with Crippen LogP contribution in [0.5, 0.6) is 5.75 Å². The van der Waals surface area contributed by atoms with E-state index in [2.05, 4.69) is 157 Å². The number of nitrogens with zero attached hydrogens (tertiary/aromatic N) is 2. The van der Waals surface area contributed by atoms with Crippen molar-refractivity contribution in [1.29, 1.82) is 0 Å². The number of allylic oxidation sites excluding steroid dienone is 4. The van der Waals surface area contributed by atoms with Crippen LogP contribution in [0.1, 0.15) is 29.5 Å². The lowest BCUT2D eigenvalue weighted by Crippen LogP contribution is -2.30. The number of ether oxygens (including phenoxy) is 1. The normalized spacial score (nSPS) is 17.0. The number of aromatic nitrogens is 1. The molecule has 3 aliphatic rings. The standard InChI is InChI=1S/C53H38N2O2/c1-3-11-35(12-4-1)36-21-26-42(27-22-36)55(44-18-9-17-41(33-44)46-20-10-16-38-13-7-8-19-45(38)46)43-28-23-37(24-29-43)40-25-30-47-50(34-40)56-48-31-32-49-52(51(47)48)54-53(57-49)39-14-5-2-6-15-39/h1-26,28-33,42,50H,27,34H2. The van der Waals surface area contributed by atoms with Gasteiger partial charge in [0.1, 0.15) is 17.4 Å². The third kappa shape index (κ3) is 5.98. The summed E-state index contributed by atoms with van der Waals surface area (Å²) in [7, 11) is 0. The lowest BCUT2D eigenvalue weighted by molar-refractivity contribution is 0.281. The van der Waals surface area contributed by atoms with Gasteiger partial charge in [-0.1, -0.05) is 146 Å². The first-order chi connectivity index (χ1) is 28.2. The number of benzene rings is 7. The van der Waals surface area contributed by atoms with E-state index >= 15 is 0 Å². The van der Waals surface area contributed by atoms with Gasteiger partial charge in [0.2, 0.25) is 5.89 Å². The summed E-state index contributed by atoms with van der Waals surface area (Å²) in [6.45, 7) is 0. The van der Waals surface area contributed by atoms with Gasteiger partial charge in [-0.2, -0.15) is 0 Å². The molecule has 2 aliphatic carbocycles. The van der Waals surface area contributed by atoms with Crippen LogP contribution in [0.3, 0.4) is 0 Å². The minimum atomic E-state index is -0.0755. The van der Waals surface area contributed by atoms with Crippen molar-refractivity contribution in [3.8, 4) is 28.3 Å². The van der Waals surface area contributed by atoms with Crippen LogP contribution < -0.4 is 9.64 Å². The summed E-state index contributed by atoms with van der Waals surface area (Å²) in [4.78, 5) is 7.44. The summed E-state index contributed by atoms with van der Waals surface area (Å²) in [6, 6.07) is 58.2.